The summed E-state index contributed by atoms with van der Waals surface area (Å²) >= 11 is 6.24. The van der Waals surface area contributed by atoms with Crippen molar-refractivity contribution >= 4 is 40.7 Å². The highest BCUT2D eigenvalue weighted by Crippen LogP contribution is 2.32. The van der Waals surface area contributed by atoms with Gasteiger partial charge in [0, 0.05) is 17.3 Å². The number of para-hydroxylation sites is 1. The first kappa shape index (κ1) is 22.1. The zero-order valence-electron chi connectivity index (χ0n) is 18.0. The van der Waals surface area contributed by atoms with Crippen molar-refractivity contribution in [3.63, 3.8) is 0 Å². The molecule has 4 rings (SSSR count). The molecule has 1 fully saturated rings. The van der Waals surface area contributed by atoms with Crippen LogP contribution in [0.2, 0.25) is 0 Å². The zero-order chi connectivity index (χ0) is 22.7. The number of imide groups is 1. The van der Waals surface area contributed by atoms with Crippen molar-refractivity contribution in [1.29, 1.82) is 0 Å². The largest absolute Gasteiger partial charge is 0.350 e. The van der Waals surface area contributed by atoms with E-state index in [1.807, 2.05) is 19.1 Å². The van der Waals surface area contributed by atoms with Crippen LogP contribution in [0.4, 0.5) is 11.4 Å². The van der Waals surface area contributed by atoms with Crippen LogP contribution in [0.1, 0.15) is 54.4 Å². The average molecular weight is 452 g/mol. The first-order valence-corrected chi connectivity index (χ1v) is 11.4. The first-order valence-electron chi connectivity index (χ1n) is 11.0. The lowest BCUT2D eigenvalue weighted by molar-refractivity contribution is -0.120. The van der Waals surface area contributed by atoms with E-state index < -0.39 is 11.8 Å². The van der Waals surface area contributed by atoms with Crippen molar-refractivity contribution in [2.45, 2.75) is 51.5 Å². The summed E-state index contributed by atoms with van der Waals surface area (Å²) in [6, 6.07) is 14.2. The van der Waals surface area contributed by atoms with E-state index in [-0.39, 0.29) is 22.7 Å². The maximum absolute atomic E-state index is 13.0. The Bertz CT molecular complexity index is 1090. The van der Waals surface area contributed by atoms with Crippen molar-refractivity contribution in [2.75, 3.05) is 10.2 Å². The van der Waals surface area contributed by atoms with Crippen LogP contribution in [0, 0.1) is 6.92 Å². The molecular weight excluding hydrogens is 426 g/mol. The van der Waals surface area contributed by atoms with Gasteiger partial charge in [0.15, 0.2) is 0 Å². The lowest BCUT2D eigenvalue weighted by atomic mass is 10.1. The zero-order valence-corrected chi connectivity index (χ0v) is 18.7. The molecule has 1 heterocycles. The van der Waals surface area contributed by atoms with E-state index in [1.165, 1.54) is 12.8 Å². The number of carbonyl (C=O) groups is 3. The number of carbonyl (C=O) groups excluding carboxylic acids is 3. The summed E-state index contributed by atoms with van der Waals surface area (Å²) in [6.07, 6.45) is 6.69. The lowest BCUT2D eigenvalue weighted by Gasteiger charge is -2.18. The third-order valence-corrected chi connectivity index (χ3v) is 6.32. The number of hydrogen-bond donors (Lipinski definition) is 2. The Labute approximate surface area is 192 Å². The molecule has 0 unspecified atom stereocenters. The van der Waals surface area contributed by atoms with E-state index in [1.54, 1.807) is 36.4 Å². The molecule has 1 saturated carbocycles. The molecule has 2 aromatic rings. The highest BCUT2D eigenvalue weighted by Gasteiger charge is 2.39. The van der Waals surface area contributed by atoms with Gasteiger partial charge in [-0.3, -0.25) is 14.4 Å². The second-order valence-corrected chi connectivity index (χ2v) is 8.67. The van der Waals surface area contributed by atoms with Gasteiger partial charge in [0.2, 0.25) is 0 Å². The summed E-state index contributed by atoms with van der Waals surface area (Å²) in [7, 11) is 0. The predicted octanol–water partition coefficient (Wildman–Crippen LogP) is 4.88. The Hall–Kier alpha value is -3.12. The number of nitrogens with zero attached hydrogens (tertiary/aromatic N) is 1. The van der Waals surface area contributed by atoms with E-state index >= 15 is 0 Å². The van der Waals surface area contributed by atoms with E-state index in [0.717, 1.165) is 36.1 Å². The van der Waals surface area contributed by atoms with Crippen LogP contribution >= 0.6 is 11.6 Å². The van der Waals surface area contributed by atoms with Gasteiger partial charge in [-0.05, 0) is 49.6 Å². The predicted molar refractivity (Wildman–Crippen MR) is 126 cm³/mol. The van der Waals surface area contributed by atoms with Gasteiger partial charge >= 0.3 is 0 Å². The number of halogens is 1. The Balaban J connectivity index is 1.50. The molecule has 2 aromatic carbocycles. The normalized spacial score (nSPS) is 17.5. The molecule has 0 radical (unpaired) electrons. The van der Waals surface area contributed by atoms with Crippen LogP contribution in [0.25, 0.3) is 0 Å². The minimum atomic E-state index is -0.573. The van der Waals surface area contributed by atoms with Gasteiger partial charge in [0.25, 0.3) is 17.7 Å². The number of aryl methyl sites for hydroxylation is 1. The van der Waals surface area contributed by atoms with Crippen molar-refractivity contribution in [3.05, 3.63) is 70.4 Å². The van der Waals surface area contributed by atoms with Gasteiger partial charge in [-0.15, -0.1) is 0 Å². The number of amides is 3. The maximum Gasteiger partial charge on any atom is 0.283 e. The van der Waals surface area contributed by atoms with Gasteiger partial charge < -0.3 is 10.6 Å². The Morgan fingerprint density at radius 3 is 2.41 bits per heavy atom. The van der Waals surface area contributed by atoms with Gasteiger partial charge in [0.05, 0.1) is 5.69 Å². The quantitative estimate of drug-likeness (QED) is 0.501. The molecule has 3 amide bonds. The molecule has 7 heteroatoms. The van der Waals surface area contributed by atoms with Crippen LogP contribution < -0.4 is 15.5 Å². The van der Waals surface area contributed by atoms with Crippen molar-refractivity contribution in [2.24, 2.45) is 0 Å². The number of anilines is 2. The van der Waals surface area contributed by atoms with Crippen molar-refractivity contribution in [3.8, 4) is 0 Å². The Morgan fingerprint density at radius 1 is 0.969 bits per heavy atom. The second kappa shape index (κ2) is 9.57. The number of rotatable bonds is 5. The summed E-state index contributed by atoms with van der Waals surface area (Å²) in [5.74, 6) is -1.24. The van der Waals surface area contributed by atoms with Crippen LogP contribution in [-0.4, -0.2) is 23.8 Å². The third-order valence-electron chi connectivity index (χ3n) is 5.97. The summed E-state index contributed by atoms with van der Waals surface area (Å²) in [5, 5.41) is 5.90. The van der Waals surface area contributed by atoms with Crippen LogP contribution in [0.15, 0.2) is 59.3 Å². The fraction of sp³-hybridized carbons (Fsp3) is 0.320. The standard InChI is InChI=1S/C25H26ClN3O3/c1-16-9-6-7-14-20(16)29-24(31)21(26)22(25(29)32)27-19-13-8-10-17(15-19)23(30)28-18-11-4-2-3-5-12-18/h6-10,13-15,18,27H,2-5,11-12H2,1H3,(H,28,30). The molecule has 1 aliphatic heterocycles. The van der Waals surface area contributed by atoms with Crippen molar-refractivity contribution in [1.82, 2.24) is 5.32 Å². The summed E-state index contributed by atoms with van der Waals surface area (Å²) in [6.45, 7) is 1.82. The van der Waals surface area contributed by atoms with E-state index in [4.69, 9.17) is 11.6 Å². The van der Waals surface area contributed by atoms with Gasteiger partial charge in [-0.1, -0.05) is 61.5 Å². The summed E-state index contributed by atoms with van der Waals surface area (Å²) in [4.78, 5) is 39.6. The molecule has 0 aromatic heterocycles. The Kier molecular flexibility index (Phi) is 6.61. The number of benzene rings is 2. The molecule has 6 nitrogen and oxygen atoms in total. The average Bonchev–Trinajstić information content (AvgIpc) is 2.98. The summed E-state index contributed by atoms with van der Waals surface area (Å²) < 4.78 is 0. The molecule has 0 spiro atoms. The molecule has 0 atom stereocenters. The van der Waals surface area contributed by atoms with Gasteiger partial charge in [-0.2, -0.15) is 0 Å². The molecule has 166 valence electrons. The minimum Gasteiger partial charge on any atom is -0.350 e. The maximum atomic E-state index is 13.0. The topological polar surface area (TPSA) is 78.5 Å². The van der Waals surface area contributed by atoms with Crippen LogP contribution in [-0.2, 0) is 9.59 Å². The number of nitrogens with one attached hydrogen (secondary N) is 2. The molecule has 32 heavy (non-hydrogen) atoms. The van der Waals surface area contributed by atoms with Crippen LogP contribution in [0.5, 0.6) is 0 Å². The smallest absolute Gasteiger partial charge is 0.283 e. The van der Waals surface area contributed by atoms with Crippen LogP contribution in [0.3, 0.4) is 0 Å². The molecule has 1 aliphatic carbocycles. The molecule has 2 aliphatic rings. The third kappa shape index (κ3) is 4.55. The SMILES string of the molecule is Cc1ccccc1N1C(=O)C(Cl)=C(Nc2cccc(C(=O)NC3CCCCCC3)c2)C1=O. The molecule has 0 saturated heterocycles. The fourth-order valence-electron chi connectivity index (χ4n) is 4.22. The second-order valence-electron chi connectivity index (χ2n) is 8.29. The molecule has 2 N–H and O–H groups in total. The number of hydrogen-bond acceptors (Lipinski definition) is 4. The fourth-order valence-corrected chi connectivity index (χ4v) is 4.43. The minimum absolute atomic E-state index is 0.00115. The van der Waals surface area contributed by atoms with E-state index in [2.05, 4.69) is 10.6 Å². The monoisotopic (exact) mass is 451 g/mol. The van der Waals surface area contributed by atoms with Gasteiger partial charge in [0.1, 0.15) is 10.7 Å². The summed E-state index contributed by atoms with van der Waals surface area (Å²) in [5.41, 5.74) is 2.29. The van der Waals surface area contributed by atoms with E-state index in [9.17, 15) is 14.4 Å². The van der Waals surface area contributed by atoms with E-state index in [0.29, 0.717) is 16.9 Å². The molecule has 0 bridgehead atoms. The first-order chi connectivity index (χ1) is 15.5. The lowest BCUT2D eigenvalue weighted by Crippen LogP contribution is -2.34. The Morgan fingerprint density at radius 2 is 1.69 bits per heavy atom. The van der Waals surface area contributed by atoms with Gasteiger partial charge in [-0.25, -0.2) is 4.90 Å². The highest BCUT2D eigenvalue weighted by atomic mass is 35.5. The highest BCUT2D eigenvalue weighted by molar-refractivity contribution is 6.53. The van der Waals surface area contributed by atoms with Crippen molar-refractivity contribution < 1.29 is 14.4 Å². The molecular formula is C25H26ClN3O3.